The molecule has 0 aromatic carbocycles. The number of nitrogens with one attached hydrogen (secondary N) is 1. The van der Waals surface area contributed by atoms with E-state index in [1.807, 2.05) is 28.8 Å². The number of rotatable bonds is 3. The molecule has 0 radical (unpaired) electrons. The zero-order valence-electron chi connectivity index (χ0n) is 8.57. The van der Waals surface area contributed by atoms with Gasteiger partial charge in [-0.3, -0.25) is 0 Å². The molecule has 0 saturated carbocycles. The van der Waals surface area contributed by atoms with Gasteiger partial charge in [-0.25, -0.2) is 4.98 Å². The molecular weight excluding hydrogens is 174 g/mol. The van der Waals surface area contributed by atoms with Gasteiger partial charge in [-0.15, -0.1) is 0 Å². The molecule has 2 aromatic rings. The summed E-state index contributed by atoms with van der Waals surface area (Å²) in [6.45, 7) is 5.10. The summed E-state index contributed by atoms with van der Waals surface area (Å²) in [7, 11) is 0. The number of aromatic nitrogens is 2. The quantitative estimate of drug-likeness (QED) is 0.798. The van der Waals surface area contributed by atoms with E-state index in [-0.39, 0.29) is 0 Å². The van der Waals surface area contributed by atoms with Crippen molar-refractivity contribution >= 4 is 5.65 Å². The molecular formula is C11H15N3. The van der Waals surface area contributed by atoms with E-state index in [4.69, 9.17) is 0 Å². The lowest BCUT2D eigenvalue weighted by molar-refractivity contribution is 0.583. The predicted octanol–water partition coefficient (Wildman–Crippen LogP) is 1.83. The Kier molecular flexibility index (Phi) is 2.50. The van der Waals surface area contributed by atoms with Gasteiger partial charge in [0.25, 0.3) is 0 Å². The Hall–Kier alpha value is -1.35. The third-order valence-corrected chi connectivity index (χ3v) is 2.11. The van der Waals surface area contributed by atoms with Crippen molar-refractivity contribution in [1.82, 2.24) is 14.7 Å². The van der Waals surface area contributed by atoms with Crippen molar-refractivity contribution in [3.63, 3.8) is 0 Å². The first-order chi connectivity index (χ1) is 6.75. The lowest BCUT2D eigenvalue weighted by Crippen LogP contribution is -2.21. The molecule has 0 unspecified atom stereocenters. The molecule has 0 aliphatic heterocycles. The maximum Gasteiger partial charge on any atom is 0.137 e. The molecule has 0 amide bonds. The molecule has 3 heteroatoms. The van der Waals surface area contributed by atoms with Crippen LogP contribution in [0, 0.1) is 0 Å². The Morgan fingerprint density at radius 2 is 2.29 bits per heavy atom. The molecule has 2 aromatic heterocycles. The van der Waals surface area contributed by atoms with Gasteiger partial charge in [0.05, 0.1) is 5.69 Å². The Balaban J connectivity index is 2.19. The molecule has 3 nitrogen and oxygen atoms in total. The van der Waals surface area contributed by atoms with E-state index in [1.165, 1.54) is 0 Å². The highest BCUT2D eigenvalue weighted by atomic mass is 15.0. The van der Waals surface area contributed by atoms with Crippen LogP contribution in [0.3, 0.4) is 0 Å². The van der Waals surface area contributed by atoms with Gasteiger partial charge in [-0.1, -0.05) is 19.9 Å². The summed E-state index contributed by atoms with van der Waals surface area (Å²) < 4.78 is 2.04. The van der Waals surface area contributed by atoms with Gasteiger partial charge in [0.15, 0.2) is 0 Å². The van der Waals surface area contributed by atoms with Crippen LogP contribution in [0.5, 0.6) is 0 Å². The molecule has 0 aliphatic rings. The molecule has 74 valence electrons. The van der Waals surface area contributed by atoms with Gasteiger partial charge in [0.2, 0.25) is 0 Å². The molecule has 0 saturated heterocycles. The van der Waals surface area contributed by atoms with Crippen LogP contribution in [0.4, 0.5) is 0 Å². The average Bonchev–Trinajstić information content (AvgIpc) is 2.57. The second kappa shape index (κ2) is 3.80. The van der Waals surface area contributed by atoms with Crippen LogP contribution in [-0.2, 0) is 6.54 Å². The van der Waals surface area contributed by atoms with Crippen molar-refractivity contribution in [3.8, 4) is 0 Å². The lowest BCUT2D eigenvalue weighted by Gasteiger charge is -2.04. The number of hydrogen-bond donors (Lipinski definition) is 1. The maximum atomic E-state index is 4.49. The van der Waals surface area contributed by atoms with E-state index in [1.54, 1.807) is 0 Å². The van der Waals surface area contributed by atoms with Gasteiger partial charge >= 0.3 is 0 Å². The second-order valence-corrected chi connectivity index (χ2v) is 3.73. The van der Waals surface area contributed by atoms with Gasteiger partial charge < -0.3 is 9.72 Å². The van der Waals surface area contributed by atoms with Crippen molar-refractivity contribution in [1.29, 1.82) is 0 Å². The van der Waals surface area contributed by atoms with E-state index in [2.05, 4.69) is 30.3 Å². The Morgan fingerprint density at radius 1 is 1.43 bits per heavy atom. The summed E-state index contributed by atoms with van der Waals surface area (Å²) in [6.07, 6.45) is 4.08. The van der Waals surface area contributed by atoms with Crippen LogP contribution in [-0.4, -0.2) is 15.4 Å². The third kappa shape index (κ3) is 1.93. The Bertz CT molecular complexity index is 384. The van der Waals surface area contributed by atoms with Gasteiger partial charge in [0, 0.05) is 25.0 Å². The minimum absolute atomic E-state index is 0.500. The fourth-order valence-electron chi connectivity index (χ4n) is 1.38. The Morgan fingerprint density at radius 3 is 3.00 bits per heavy atom. The maximum absolute atomic E-state index is 4.49. The number of pyridine rings is 1. The highest BCUT2D eigenvalue weighted by molar-refractivity contribution is 5.39. The van der Waals surface area contributed by atoms with E-state index in [0.717, 1.165) is 17.9 Å². The van der Waals surface area contributed by atoms with Gasteiger partial charge in [0.1, 0.15) is 5.65 Å². The predicted molar refractivity (Wildman–Crippen MR) is 57.2 cm³/mol. The highest BCUT2D eigenvalue weighted by Crippen LogP contribution is 2.04. The van der Waals surface area contributed by atoms with Crippen molar-refractivity contribution in [3.05, 3.63) is 36.3 Å². The topological polar surface area (TPSA) is 29.3 Å². The lowest BCUT2D eigenvalue weighted by atomic mass is 10.3. The summed E-state index contributed by atoms with van der Waals surface area (Å²) in [5.74, 6) is 0. The first-order valence-corrected chi connectivity index (χ1v) is 4.92. The second-order valence-electron chi connectivity index (χ2n) is 3.73. The van der Waals surface area contributed by atoms with E-state index >= 15 is 0 Å². The molecule has 1 N–H and O–H groups in total. The zero-order chi connectivity index (χ0) is 9.97. The van der Waals surface area contributed by atoms with E-state index in [0.29, 0.717) is 6.04 Å². The third-order valence-electron chi connectivity index (χ3n) is 2.11. The number of hydrogen-bond acceptors (Lipinski definition) is 2. The molecule has 14 heavy (non-hydrogen) atoms. The van der Waals surface area contributed by atoms with Crippen molar-refractivity contribution < 1.29 is 0 Å². The van der Waals surface area contributed by atoms with Gasteiger partial charge in [-0.05, 0) is 12.1 Å². The standard InChI is InChI=1S/C11H15N3/c1-9(2)12-7-10-8-14-6-4-3-5-11(14)13-10/h3-6,8-9,12H,7H2,1-2H3. The van der Waals surface area contributed by atoms with E-state index < -0.39 is 0 Å². The van der Waals surface area contributed by atoms with Crippen LogP contribution >= 0.6 is 0 Å². The number of nitrogens with zero attached hydrogens (tertiary/aromatic N) is 2. The normalized spacial score (nSPS) is 11.4. The van der Waals surface area contributed by atoms with E-state index in [9.17, 15) is 0 Å². The minimum atomic E-state index is 0.500. The summed E-state index contributed by atoms with van der Waals surface area (Å²) in [5, 5.41) is 3.35. The van der Waals surface area contributed by atoms with Crippen LogP contribution < -0.4 is 5.32 Å². The SMILES string of the molecule is CC(C)NCc1cn2ccccc2n1. The van der Waals surface area contributed by atoms with Crippen LogP contribution in [0.1, 0.15) is 19.5 Å². The summed E-state index contributed by atoms with van der Waals surface area (Å²) in [6, 6.07) is 6.52. The van der Waals surface area contributed by atoms with Crippen molar-refractivity contribution in [2.45, 2.75) is 26.4 Å². The van der Waals surface area contributed by atoms with Crippen molar-refractivity contribution in [2.24, 2.45) is 0 Å². The molecule has 2 heterocycles. The first-order valence-electron chi connectivity index (χ1n) is 4.92. The van der Waals surface area contributed by atoms with Crippen molar-refractivity contribution in [2.75, 3.05) is 0 Å². The summed E-state index contributed by atoms with van der Waals surface area (Å²) in [4.78, 5) is 4.49. The fourth-order valence-corrected chi connectivity index (χ4v) is 1.38. The molecule has 0 spiro atoms. The molecule has 0 atom stereocenters. The molecule has 2 rings (SSSR count). The van der Waals surface area contributed by atoms with Crippen LogP contribution in [0.2, 0.25) is 0 Å². The monoisotopic (exact) mass is 189 g/mol. The van der Waals surface area contributed by atoms with Crippen LogP contribution in [0.15, 0.2) is 30.6 Å². The number of imidazole rings is 1. The minimum Gasteiger partial charge on any atom is -0.309 e. The molecule has 0 fully saturated rings. The Labute approximate surface area is 83.8 Å². The zero-order valence-corrected chi connectivity index (χ0v) is 8.57. The van der Waals surface area contributed by atoms with Gasteiger partial charge in [-0.2, -0.15) is 0 Å². The fraction of sp³-hybridized carbons (Fsp3) is 0.364. The smallest absolute Gasteiger partial charge is 0.137 e. The largest absolute Gasteiger partial charge is 0.309 e. The number of fused-ring (bicyclic) bond motifs is 1. The average molecular weight is 189 g/mol. The first kappa shape index (κ1) is 9.21. The molecule has 0 bridgehead atoms. The summed E-state index contributed by atoms with van der Waals surface area (Å²) in [5.41, 5.74) is 2.10. The van der Waals surface area contributed by atoms with Crippen LogP contribution in [0.25, 0.3) is 5.65 Å². The summed E-state index contributed by atoms with van der Waals surface area (Å²) >= 11 is 0. The molecule has 0 aliphatic carbocycles. The highest BCUT2D eigenvalue weighted by Gasteiger charge is 2.00.